The van der Waals surface area contributed by atoms with Crippen molar-refractivity contribution < 1.29 is 9.50 Å². The molecule has 0 aliphatic carbocycles. The average molecular weight is 194 g/mol. The largest absolute Gasteiger partial charge is 0.391 e. The van der Waals surface area contributed by atoms with Gasteiger partial charge in [-0.3, -0.25) is 0 Å². The molecular formula is C10H11FN2O. The molecule has 1 aromatic carbocycles. The number of aliphatic hydroxyl groups excluding tert-OH is 1. The molecule has 0 fully saturated rings. The molecular weight excluding hydrogens is 183 g/mol. The van der Waals surface area contributed by atoms with Gasteiger partial charge in [-0.05, 0) is 24.6 Å². The summed E-state index contributed by atoms with van der Waals surface area (Å²) in [5.41, 5.74) is 6.06. The number of hydrogen-bond donors (Lipinski definition) is 2. The summed E-state index contributed by atoms with van der Waals surface area (Å²) < 4.78 is 13.1. The fraction of sp³-hybridized carbons (Fsp3) is 0.300. The standard InChI is InChI=1S/C10H11FN2O/c1-6(14)10(13)7-2-3-8(5-12)9(11)4-7/h2-4,6,10,14H,13H2,1H3/t6-,10-/m0/s1. The Morgan fingerprint density at radius 1 is 1.57 bits per heavy atom. The number of rotatable bonds is 2. The van der Waals surface area contributed by atoms with Crippen molar-refractivity contribution in [2.75, 3.05) is 0 Å². The zero-order valence-electron chi connectivity index (χ0n) is 7.74. The van der Waals surface area contributed by atoms with Crippen molar-refractivity contribution in [1.29, 1.82) is 5.26 Å². The maximum absolute atomic E-state index is 13.1. The number of hydrogen-bond acceptors (Lipinski definition) is 3. The van der Waals surface area contributed by atoms with Crippen LogP contribution in [-0.4, -0.2) is 11.2 Å². The van der Waals surface area contributed by atoms with Gasteiger partial charge in [0.2, 0.25) is 0 Å². The number of benzene rings is 1. The molecule has 4 heteroatoms. The van der Waals surface area contributed by atoms with E-state index in [4.69, 9.17) is 11.0 Å². The van der Waals surface area contributed by atoms with Crippen LogP contribution in [0.4, 0.5) is 4.39 Å². The first-order valence-corrected chi connectivity index (χ1v) is 4.19. The van der Waals surface area contributed by atoms with E-state index in [1.165, 1.54) is 19.1 Å². The molecule has 0 bridgehead atoms. The van der Waals surface area contributed by atoms with E-state index >= 15 is 0 Å². The maximum Gasteiger partial charge on any atom is 0.141 e. The van der Waals surface area contributed by atoms with Gasteiger partial charge in [0.15, 0.2) is 0 Å². The highest BCUT2D eigenvalue weighted by Gasteiger charge is 2.13. The molecule has 0 saturated carbocycles. The lowest BCUT2D eigenvalue weighted by Gasteiger charge is -2.14. The molecule has 2 atom stereocenters. The van der Waals surface area contributed by atoms with E-state index in [-0.39, 0.29) is 5.56 Å². The van der Waals surface area contributed by atoms with Crippen LogP contribution in [0, 0.1) is 17.1 Å². The third kappa shape index (κ3) is 2.08. The molecule has 14 heavy (non-hydrogen) atoms. The van der Waals surface area contributed by atoms with Crippen molar-refractivity contribution in [3.05, 3.63) is 35.1 Å². The quantitative estimate of drug-likeness (QED) is 0.740. The molecule has 0 aliphatic rings. The number of aliphatic hydroxyl groups is 1. The average Bonchev–Trinajstić information content (AvgIpc) is 2.16. The molecule has 1 aromatic rings. The number of nitriles is 1. The zero-order valence-corrected chi connectivity index (χ0v) is 7.74. The first kappa shape index (κ1) is 10.6. The summed E-state index contributed by atoms with van der Waals surface area (Å²) in [5.74, 6) is -0.610. The summed E-state index contributed by atoms with van der Waals surface area (Å²) >= 11 is 0. The first-order valence-electron chi connectivity index (χ1n) is 4.19. The molecule has 0 aliphatic heterocycles. The zero-order chi connectivity index (χ0) is 10.7. The number of halogens is 1. The second kappa shape index (κ2) is 4.18. The molecule has 0 aromatic heterocycles. The van der Waals surface area contributed by atoms with Gasteiger partial charge in [0, 0.05) is 0 Å². The van der Waals surface area contributed by atoms with Gasteiger partial charge in [0.1, 0.15) is 11.9 Å². The fourth-order valence-electron chi connectivity index (χ4n) is 1.11. The van der Waals surface area contributed by atoms with E-state index in [1.54, 1.807) is 12.1 Å². The lowest BCUT2D eigenvalue weighted by atomic mass is 10.0. The highest BCUT2D eigenvalue weighted by atomic mass is 19.1. The molecule has 0 spiro atoms. The molecule has 74 valence electrons. The van der Waals surface area contributed by atoms with Crippen LogP contribution in [0.3, 0.4) is 0 Å². The Morgan fingerprint density at radius 2 is 2.21 bits per heavy atom. The van der Waals surface area contributed by atoms with Crippen molar-refractivity contribution in [3.8, 4) is 6.07 Å². The van der Waals surface area contributed by atoms with Crippen molar-refractivity contribution in [1.82, 2.24) is 0 Å². The fourth-order valence-corrected chi connectivity index (χ4v) is 1.11. The highest BCUT2D eigenvalue weighted by Crippen LogP contribution is 2.17. The van der Waals surface area contributed by atoms with Crippen LogP contribution in [-0.2, 0) is 0 Å². The molecule has 1 rings (SSSR count). The topological polar surface area (TPSA) is 70.0 Å². The van der Waals surface area contributed by atoms with Crippen LogP contribution in [0.1, 0.15) is 24.1 Å². The molecule has 0 heterocycles. The smallest absolute Gasteiger partial charge is 0.141 e. The Bertz CT molecular complexity index is 371. The molecule has 3 nitrogen and oxygen atoms in total. The van der Waals surface area contributed by atoms with Crippen molar-refractivity contribution in [3.63, 3.8) is 0 Å². The molecule has 0 amide bonds. The van der Waals surface area contributed by atoms with Gasteiger partial charge < -0.3 is 10.8 Å². The lowest BCUT2D eigenvalue weighted by Crippen LogP contribution is -2.23. The SMILES string of the molecule is C[C@H](O)[C@H](N)c1ccc(C#N)c(F)c1. The third-order valence-corrected chi connectivity index (χ3v) is 2.02. The van der Waals surface area contributed by atoms with Crippen LogP contribution in [0.15, 0.2) is 18.2 Å². The number of nitrogens with zero attached hydrogens (tertiary/aromatic N) is 1. The first-order chi connectivity index (χ1) is 6.56. The third-order valence-electron chi connectivity index (χ3n) is 2.02. The lowest BCUT2D eigenvalue weighted by molar-refractivity contribution is 0.164. The highest BCUT2D eigenvalue weighted by molar-refractivity contribution is 5.34. The second-order valence-corrected chi connectivity index (χ2v) is 3.12. The monoisotopic (exact) mass is 194 g/mol. The normalized spacial score (nSPS) is 14.5. The maximum atomic E-state index is 13.1. The van der Waals surface area contributed by atoms with Gasteiger partial charge in [0.25, 0.3) is 0 Å². The van der Waals surface area contributed by atoms with Crippen molar-refractivity contribution >= 4 is 0 Å². The van der Waals surface area contributed by atoms with Crippen LogP contribution in [0.25, 0.3) is 0 Å². The van der Waals surface area contributed by atoms with Gasteiger partial charge in [0.05, 0.1) is 17.7 Å². The second-order valence-electron chi connectivity index (χ2n) is 3.12. The van der Waals surface area contributed by atoms with Crippen LogP contribution >= 0.6 is 0 Å². The molecule has 0 radical (unpaired) electrons. The van der Waals surface area contributed by atoms with E-state index in [0.29, 0.717) is 5.56 Å². The summed E-state index contributed by atoms with van der Waals surface area (Å²) in [4.78, 5) is 0. The van der Waals surface area contributed by atoms with E-state index in [9.17, 15) is 9.50 Å². The van der Waals surface area contributed by atoms with E-state index in [0.717, 1.165) is 0 Å². The molecule has 3 N–H and O–H groups in total. The van der Waals surface area contributed by atoms with Gasteiger partial charge in [-0.25, -0.2) is 4.39 Å². The molecule has 0 unspecified atom stereocenters. The van der Waals surface area contributed by atoms with Gasteiger partial charge in [-0.1, -0.05) is 6.07 Å². The minimum absolute atomic E-state index is 0.0217. The van der Waals surface area contributed by atoms with Crippen molar-refractivity contribution in [2.45, 2.75) is 19.1 Å². The van der Waals surface area contributed by atoms with Crippen molar-refractivity contribution in [2.24, 2.45) is 5.73 Å². The van der Waals surface area contributed by atoms with Gasteiger partial charge >= 0.3 is 0 Å². The minimum Gasteiger partial charge on any atom is -0.391 e. The van der Waals surface area contributed by atoms with Crippen LogP contribution in [0.5, 0.6) is 0 Å². The Labute approximate surface area is 81.6 Å². The summed E-state index contributed by atoms with van der Waals surface area (Å²) in [6.07, 6.45) is -0.748. The van der Waals surface area contributed by atoms with Gasteiger partial charge in [-0.15, -0.1) is 0 Å². The predicted molar refractivity (Wildman–Crippen MR) is 49.7 cm³/mol. The van der Waals surface area contributed by atoms with E-state index in [2.05, 4.69) is 0 Å². The van der Waals surface area contributed by atoms with Crippen LogP contribution in [0.2, 0.25) is 0 Å². The Hall–Kier alpha value is -1.44. The Kier molecular flexibility index (Phi) is 3.18. The Balaban J connectivity index is 3.04. The van der Waals surface area contributed by atoms with Gasteiger partial charge in [-0.2, -0.15) is 5.26 Å². The molecule has 0 saturated heterocycles. The Morgan fingerprint density at radius 3 is 2.64 bits per heavy atom. The van der Waals surface area contributed by atoms with E-state index < -0.39 is 18.0 Å². The minimum atomic E-state index is -0.748. The van der Waals surface area contributed by atoms with E-state index in [1.807, 2.05) is 0 Å². The number of nitrogens with two attached hydrogens (primary N) is 1. The summed E-state index contributed by atoms with van der Waals surface area (Å²) in [5, 5.41) is 17.7. The van der Waals surface area contributed by atoms with Crippen LogP contribution < -0.4 is 5.73 Å². The summed E-state index contributed by atoms with van der Waals surface area (Å²) in [6, 6.07) is 5.16. The summed E-state index contributed by atoms with van der Waals surface area (Å²) in [7, 11) is 0. The predicted octanol–water partition coefficient (Wildman–Crippen LogP) is 1.08. The summed E-state index contributed by atoms with van der Waals surface area (Å²) in [6.45, 7) is 1.53.